The van der Waals surface area contributed by atoms with Gasteiger partial charge in [-0.3, -0.25) is 4.79 Å². The Morgan fingerprint density at radius 3 is 2.65 bits per heavy atom. The number of hydrogen-bond donors (Lipinski definition) is 2. The summed E-state index contributed by atoms with van der Waals surface area (Å²) < 4.78 is 26.7. The average molecular weight is 380 g/mol. The lowest BCUT2D eigenvalue weighted by Gasteiger charge is -2.34. The molecule has 6 nitrogen and oxygen atoms in total. The molecule has 1 amide bonds. The number of rotatable bonds is 8. The second kappa shape index (κ2) is 9.30. The predicted octanol–water partition coefficient (Wildman–Crippen LogP) is 1.86. The van der Waals surface area contributed by atoms with Crippen molar-refractivity contribution in [3.05, 3.63) is 42.5 Å². The van der Waals surface area contributed by atoms with E-state index in [1.807, 2.05) is 0 Å². The average Bonchev–Trinajstić information content (AvgIpc) is 2.59. The van der Waals surface area contributed by atoms with E-state index in [0.717, 1.165) is 19.6 Å². The van der Waals surface area contributed by atoms with E-state index >= 15 is 0 Å². The fourth-order valence-corrected chi connectivity index (χ4v) is 4.50. The summed E-state index contributed by atoms with van der Waals surface area (Å²) in [6, 6.07) is 6.06. The summed E-state index contributed by atoms with van der Waals surface area (Å²) in [6.07, 6.45) is 2.72. The molecule has 1 aliphatic rings. The SMILES string of the molecule is C=CCNS(=O)(=O)c1cccc(C(=O)NCCN2CC(C)CC(C)C2)c1. The van der Waals surface area contributed by atoms with Crippen molar-refractivity contribution < 1.29 is 13.2 Å². The number of amides is 1. The first-order valence-electron chi connectivity index (χ1n) is 9.03. The zero-order valence-electron chi connectivity index (χ0n) is 15.6. The number of nitrogens with one attached hydrogen (secondary N) is 2. The molecule has 7 heteroatoms. The van der Waals surface area contributed by atoms with Gasteiger partial charge in [0.25, 0.3) is 5.91 Å². The zero-order valence-corrected chi connectivity index (χ0v) is 16.4. The monoisotopic (exact) mass is 379 g/mol. The van der Waals surface area contributed by atoms with E-state index in [1.165, 1.54) is 24.6 Å². The summed E-state index contributed by atoms with van der Waals surface area (Å²) in [5, 5.41) is 2.89. The lowest BCUT2D eigenvalue weighted by atomic mass is 9.92. The fourth-order valence-electron chi connectivity index (χ4n) is 3.46. The number of benzene rings is 1. The highest BCUT2D eigenvalue weighted by molar-refractivity contribution is 7.89. The maximum Gasteiger partial charge on any atom is 0.251 e. The maximum atomic E-state index is 12.3. The van der Waals surface area contributed by atoms with Gasteiger partial charge in [-0.15, -0.1) is 6.58 Å². The van der Waals surface area contributed by atoms with E-state index in [4.69, 9.17) is 0 Å². The minimum atomic E-state index is -3.64. The van der Waals surface area contributed by atoms with Gasteiger partial charge in [-0.25, -0.2) is 13.1 Å². The molecular formula is C19H29N3O3S. The number of carbonyl (C=O) groups excluding carboxylic acids is 1. The molecule has 2 atom stereocenters. The highest BCUT2D eigenvalue weighted by Gasteiger charge is 2.21. The molecule has 144 valence electrons. The van der Waals surface area contributed by atoms with Crippen molar-refractivity contribution in [3.8, 4) is 0 Å². The molecule has 0 radical (unpaired) electrons. The van der Waals surface area contributed by atoms with E-state index in [9.17, 15) is 13.2 Å². The predicted molar refractivity (Wildman–Crippen MR) is 104 cm³/mol. The first kappa shape index (κ1) is 20.6. The van der Waals surface area contributed by atoms with E-state index < -0.39 is 10.0 Å². The molecule has 0 saturated carbocycles. The third kappa shape index (κ3) is 5.93. The summed E-state index contributed by atoms with van der Waals surface area (Å²) in [5.41, 5.74) is 0.340. The van der Waals surface area contributed by atoms with Gasteiger partial charge in [-0.2, -0.15) is 0 Å². The Balaban J connectivity index is 1.91. The van der Waals surface area contributed by atoms with Gasteiger partial charge in [0.05, 0.1) is 4.90 Å². The van der Waals surface area contributed by atoms with Crippen LogP contribution in [0.15, 0.2) is 41.8 Å². The van der Waals surface area contributed by atoms with Crippen molar-refractivity contribution in [2.24, 2.45) is 11.8 Å². The molecule has 0 aliphatic carbocycles. The number of sulfonamides is 1. The van der Waals surface area contributed by atoms with Gasteiger partial charge in [-0.1, -0.05) is 26.0 Å². The van der Waals surface area contributed by atoms with Crippen molar-refractivity contribution in [3.63, 3.8) is 0 Å². The largest absolute Gasteiger partial charge is 0.351 e. The van der Waals surface area contributed by atoms with Crippen LogP contribution in [0.1, 0.15) is 30.6 Å². The maximum absolute atomic E-state index is 12.3. The number of nitrogens with zero attached hydrogens (tertiary/aromatic N) is 1. The molecule has 1 fully saturated rings. The summed E-state index contributed by atoms with van der Waals surface area (Å²) in [7, 11) is -3.64. The summed E-state index contributed by atoms with van der Waals surface area (Å²) >= 11 is 0. The Morgan fingerprint density at radius 1 is 1.31 bits per heavy atom. The quantitative estimate of drug-likeness (QED) is 0.676. The lowest BCUT2D eigenvalue weighted by Crippen LogP contribution is -2.42. The van der Waals surface area contributed by atoms with Crippen LogP contribution in [0.5, 0.6) is 0 Å². The minimum Gasteiger partial charge on any atom is -0.351 e. The fraction of sp³-hybridized carbons (Fsp3) is 0.526. The topological polar surface area (TPSA) is 78.5 Å². The van der Waals surface area contributed by atoms with Crippen molar-refractivity contribution in [2.75, 3.05) is 32.7 Å². The number of likely N-dealkylation sites (tertiary alicyclic amines) is 1. The molecule has 1 heterocycles. The molecule has 26 heavy (non-hydrogen) atoms. The number of hydrogen-bond acceptors (Lipinski definition) is 4. The Labute approximate surface area is 156 Å². The van der Waals surface area contributed by atoms with Crippen LogP contribution in [-0.4, -0.2) is 51.9 Å². The molecule has 0 bridgehead atoms. The molecule has 2 rings (SSSR count). The number of carbonyl (C=O) groups is 1. The van der Waals surface area contributed by atoms with E-state index in [2.05, 4.69) is 35.4 Å². The van der Waals surface area contributed by atoms with Crippen molar-refractivity contribution >= 4 is 15.9 Å². The summed E-state index contributed by atoms with van der Waals surface area (Å²) in [4.78, 5) is 14.8. The van der Waals surface area contributed by atoms with Gasteiger partial charge < -0.3 is 10.2 Å². The van der Waals surface area contributed by atoms with E-state index in [1.54, 1.807) is 12.1 Å². The van der Waals surface area contributed by atoms with Crippen LogP contribution in [0.3, 0.4) is 0 Å². The van der Waals surface area contributed by atoms with Gasteiger partial charge in [-0.05, 0) is 36.5 Å². The molecular weight excluding hydrogens is 350 g/mol. The molecule has 1 aromatic rings. The Kier molecular flexibility index (Phi) is 7.37. The molecule has 1 aliphatic heterocycles. The first-order valence-corrected chi connectivity index (χ1v) is 10.5. The lowest BCUT2D eigenvalue weighted by molar-refractivity contribution is 0.0936. The van der Waals surface area contributed by atoms with Crippen LogP contribution < -0.4 is 10.0 Å². The second-order valence-electron chi connectivity index (χ2n) is 7.13. The summed E-state index contributed by atoms with van der Waals surface area (Å²) in [6.45, 7) is 11.6. The Morgan fingerprint density at radius 2 is 2.00 bits per heavy atom. The van der Waals surface area contributed by atoms with E-state index in [-0.39, 0.29) is 17.3 Å². The normalized spacial score (nSPS) is 21.3. The van der Waals surface area contributed by atoms with Crippen molar-refractivity contribution in [2.45, 2.75) is 25.2 Å². The smallest absolute Gasteiger partial charge is 0.251 e. The van der Waals surface area contributed by atoms with Gasteiger partial charge in [0.2, 0.25) is 10.0 Å². The van der Waals surface area contributed by atoms with Crippen LogP contribution in [0.2, 0.25) is 0 Å². The van der Waals surface area contributed by atoms with Crippen LogP contribution >= 0.6 is 0 Å². The Bertz CT molecular complexity index is 723. The third-order valence-corrected chi connectivity index (χ3v) is 5.90. The molecule has 2 unspecified atom stereocenters. The van der Waals surface area contributed by atoms with Gasteiger partial charge >= 0.3 is 0 Å². The second-order valence-corrected chi connectivity index (χ2v) is 8.90. The molecule has 0 aromatic heterocycles. The molecule has 2 N–H and O–H groups in total. The summed E-state index contributed by atoms with van der Waals surface area (Å²) in [5.74, 6) is 1.10. The van der Waals surface area contributed by atoms with Crippen LogP contribution in [0, 0.1) is 11.8 Å². The minimum absolute atomic E-state index is 0.0747. The highest BCUT2D eigenvalue weighted by Crippen LogP contribution is 2.20. The molecule has 0 spiro atoms. The standard InChI is InChI=1S/C19H29N3O3S/c1-4-8-21-26(24,25)18-7-5-6-17(12-18)19(23)20-9-10-22-13-15(2)11-16(3)14-22/h4-7,12,15-16,21H,1,8-11,13-14H2,2-3H3,(H,20,23). The van der Waals surface area contributed by atoms with Gasteiger partial charge in [0, 0.05) is 38.3 Å². The van der Waals surface area contributed by atoms with Crippen LogP contribution in [-0.2, 0) is 10.0 Å². The number of piperidine rings is 1. The van der Waals surface area contributed by atoms with Crippen molar-refractivity contribution in [1.29, 1.82) is 0 Å². The molecule has 1 saturated heterocycles. The Hall–Kier alpha value is -1.70. The van der Waals surface area contributed by atoms with Crippen LogP contribution in [0.25, 0.3) is 0 Å². The molecule has 1 aromatic carbocycles. The van der Waals surface area contributed by atoms with Crippen LogP contribution in [0.4, 0.5) is 0 Å². The van der Waals surface area contributed by atoms with Gasteiger partial charge in [0.1, 0.15) is 0 Å². The first-order chi connectivity index (χ1) is 12.3. The van der Waals surface area contributed by atoms with E-state index in [0.29, 0.717) is 23.9 Å². The third-order valence-electron chi connectivity index (χ3n) is 4.48. The zero-order chi connectivity index (χ0) is 19.2. The van der Waals surface area contributed by atoms with Gasteiger partial charge in [0.15, 0.2) is 0 Å². The van der Waals surface area contributed by atoms with Crippen molar-refractivity contribution in [1.82, 2.24) is 14.9 Å². The highest BCUT2D eigenvalue weighted by atomic mass is 32.2.